The number of nitrogen functional groups attached to an aromatic ring is 1. The molecule has 1 aromatic heterocycles. The molecule has 0 aliphatic carbocycles. The van der Waals surface area contributed by atoms with Crippen molar-refractivity contribution in [2.75, 3.05) is 5.73 Å². The topological polar surface area (TPSA) is 93.3 Å². The van der Waals surface area contributed by atoms with Gasteiger partial charge in [0.05, 0.1) is 10.6 Å². The molecular formula is C17H18N2O3S2. The maximum Gasteiger partial charge on any atom is 0.294 e. The van der Waals surface area contributed by atoms with Gasteiger partial charge in [-0.2, -0.15) is 8.42 Å². The predicted molar refractivity (Wildman–Crippen MR) is 97.7 cm³/mol. The van der Waals surface area contributed by atoms with Crippen molar-refractivity contribution in [3.8, 4) is 11.3 Å². The Balaban J connectivity index is 0.000000174. The van der Waals surface area contributed by atoms with E-state index in [0.29, 0.717) is 10.7 Å². The van der Waals surface area contributed by atoms with Crippen LogP contribution in [0.4, 0.5) is 5.13 Å². The molecule has 5 nitrogen and oxygen atoms in total. The lowest BCUT2D eigenvalue weighted by atomic mass is 10.2. The maximum atomic E-state index is 10.7. The Kier molecular flexibility index (Phi) is 5.71. The summed E-state index contributed by atoms with van der Waals surface area (Å²) in [5.41, 5.74) is 9.14. The molecule has 3 rings (SSSR count). The Hall–Kier alpha value is -2.22. The highest BCUT2D eigenvalue weighted by atomic mass is 32.2. The minimum Gasteiger partial charge on any atom is -0.375 e. The summed E-state index contributed by atoms with van der Waals surface area (Å²) in [7, 11) is -4.05. The summed E-state index contributed by atoms with van der Waals surface area (Å²) in [5.74, 6) is 0. The molecule has 0 unspecified atom stereocenters. The van der Waals surface area contributed by atoms with Crippen LogP contribution < -0.4 is 5.73 Å². The molecule has 0 bridgehead atoms. The van der Waals surface area contributed by atoms with Crippen molar-refractivity contribution in [3.05, 3.63) is 65.0 Å². The highest BCUT2D eigenvalue weighted by Gasteiger charge is 2.11. The number of thiazole rings is 1. The standard InChI is InChI=1S/C9H8N2S.C8H10O3S/c10-9-11-8(6-12-9)7-4-2-1-3-5-7;1-6-3-4-8(7(2)5-6)12(9,10)11/h1-6H,(H2,10,11);3-5H,1-2H3,(H,9,10,11). The number of hydrogen-bond donors (Lipinski definition) is 2. The lowest BCUT2D eigenvalue weighted by Gasteiger charge is -2.02. The summed E-state index contributed by atoms with van der Waals surface area (Å²) in [6.45, 7) is 3.51. The van der Waals surface area contributed by atoms with Crippen molar-refractivity contribution in [3.63, 3.8) is 0 Å². The zero-order valence-corrected chi connectivity index (χ0v) is 14.9. The van der Waals surface area contributed by atoms with E-state index in [4.69, 9.17) is 10.3 Å². The van der Waals surface area contributed by atoms with Gasteiger partial charge >= 0.3 is 0 Å². The summed E-state index contributed by atoms with van der Waals surface area (Å²) >= 11 is 1.47. The first kappa shape index (κ1) is 18.1. The Morgan fingerprint density at radius 2 is 1.75 bits per heavy atom. The van der Waals surface area contributed by atoms with Gasteiger partial charge in [0.25, 0.3) is 10.1 Å². The molecule has 1 heterocycles. The van der Waals surface area contributed by atoms with Gasteiger partial charge < -0.3 is 5.73 Å². The van der Waals surface area contributed by atoms with Crippen LogP contribution in [0.1, 0.15) is 11.1 Å². The SMILES string of the molecule is Cc1ccc(S(=O)(=O)O)c(C)c1.Nc1nc(-c2ccccc2)cs1. The van der Waals surface area contributed by atoms with Gasteiger partial charge in [0.2, 0.25) is 0 Å². The molecule has 24 heavy (non-hydrogen) atoms. The Bertz CT molecular complexity index is 920. The van der Waals surface area contributed by atoms with Crippen LogP contribution in [0, 0.1) is 13.8 Å². The number of nitrogens with two attached hydrogens (primary N) is 1. The van der Waals surface area contributed by atoms with Crippen LogP contribution in [0.2, 0.25) is 0 Å². The first-order chi connectivity index (χ1) is 11.3. The van der Waals surface area contributed by atoms with Crippen LogP contribution in [0.15, 0.2) is 58.8 Å². The fraction of sp³-hybridized carbons (Fsp3) is 0.118. The molecule has 0 saturated carbocycles. The molecule has 3 aromatic rings. The Morgan fingerprint density at radius 3 is 2.25 bits per heavy atom. The van der Waals surface area contributed by atoms with E-state index in [0.717, 1.165) is 16.8 Å². The largest absolute Gasteiger partial charge is 0.375 e. The van der Waals surface area contributed by atoms with Crippen LogP contribution in [0.25, 0.3) is 11.3 Å². The number of hydrogen-bond acceptors (Lipinski definition) is 5. The van der Waals surface area contributed by atoms with Crippen molar-refractivity contribution in [2.45, 2.75) is 18.7 Å². The molecule has 3 N–H and O–H groups in total. The van der Waals surface area contributed by atoms with Crippen LogP contribution >= 0.6 is 11.3 Å². The van der Waals surface area contributed by atoms with Gasteiger partial charge in [-0.25, -0.2) is 4.98 Å². The van der Waals surface area contributed by atoms with Crippen LogP contribution in [-0.4, -0.2) is 18.0 Å². The average molecular weight is 362 g/mol. The average Bonchev–Trinajstić information content (AvgIpc) is 2.94. The molecule has 0 atom stereocenters. The van der Waals surface area contributed by atoms with E-state index in [9.17, 15) is 8.42 Å². The predicted octanol–water partition coefficient (Wildman–Crippen LogP) is 3.94. The van der Waals surface area contributed by atoms with E-state index < -0.39 is 10.1 Å². The molecule has 0 fully saturated rings. The molecule has 0 aliphatic rings. The number of rotatable bonds is 2. The second-order valence-corrected chi connectivity index (χ2v) is 7.46. The molecule has 0 aliphatic heterocycles. The quantitative estimate of drug-likeness (QED) is 0.674. The van der Waals surface area contributed by atoms with Gasteiger partial charge in [-0.05, 0) is 25.5 Å². The molecule has 7 heteroatoms. The van der Waals surface area contributed by atoms with Crippen LogP contribution in [-0.2, 0) is 10.1 Å². The van der Waals surface area contributed by atoms with E-state index in [1.54, 1.807) is 19.1 Å². The molecule has 0 amide bonds. The number of nitrogens with zero attached hydrogens (tertiary/aromatic N) is 1. The molecule has 0 saturated heterocycles. The maximum absolute atomic E-state index is 10.7. The minimum atomic E-state index is -4.05. The van der Waals surface area contributed by atoms with Gasteiger partial charge in [-0.3, -0.25) is 4.55 Å². The minimum absolute atomic E-state index is 0.0203. The first-order valence-electron chi connectivity index (χ1n) is 7.08. The highest BCUT2D eigenvalue weighted by Crippen LogP contribution is 2.22. The van der Waals surface area contributed by atoms with Crippen molar-refractivity contribution < 1.29 is 13.0 Å². The van der Waals surface area contributed by atoms with E-state index in [1.165, 1.54) is 17.4 Å². The number of aromatic nitrogens is 1. The lowest BCUT2D eigenvalue weighted by Crippen LogP contribution is -2.00. The van der Waals surface area contributed by atoms with Crippen molar-refractivity contribution in [1.82, 2.24) is 4.98 Å². The first-order valence-corrected chi connectivity index (χ1v) is 9.40. The van der Waals surface area contributed by atoms with Crippen molar-refractivity contribution in [2.24, 2.45) is 0 Å². The number of aryl methyl sites for hydroxylation is 2. The third-order valence-electron chi connectivity index (χ3n) is 3.20. The molecule has 126 valence electrons. The van der Waals surface area contributed by atoms with Crippen LogP contribution in [0.5, 0.6) is 0 Å². The fourth-order valence-electron chi connectivity index (χ4n) is 2.12. The summed E-state index contributed by atoms with van der Waals surface area (Å²) in [6, 6.07) is 14.8. The zero-order valence-electron chi connectivity index (χ0n) is 13.3. The van der Waals surface area contributed by atoms with Gasteiger partial charge in [0, 0.05) is 10.9 Å². The van der Waals surface area contributed by atoms with E-state index in [-0.39, 0.29) is 4.90 Å². The highest BCUT2D eigenvalue weighted by molar-refractivity contribution is 7.85. The molecule has 2 aromatic carbocycles. The van der Waals surface area contributed by atoms with Gasteiger partial charge in [0.15, 0.2) is 5.13 Å². The van der Waals surface area contributed by atoms with E-state index in [1.807, 2.05) is 42.6 Å². The van der Waals surface area contributed by atoms with Gasteiger partial charge in [-0.15, -0.1) is 11.3 Å². The summed E-state index contributed by atoms with van der Waals surface area (Å²) < 4.78 is 30.2. The monoisotopic (exact) mass is 362 g/mol. The van der Waals surface area contributed by atoms with E-state index in [2.05, 4.69) is 4.98 Å². The van der Waals surface area contributed by atoms with Gasteiger partial charge in [-0.1, -0.05) is 48.0 Å². The zero-order chi connectivity index (χ0) is 17.7. The Morgan fingerprint density at radius 1 is 1.08 bits per heavy atom. The lowest BCUT2D eigenvalue weighted by molar-refractivity contribution is 0.482. The van der Waals surface area contributed by atoms with Gasteiger partial charge in [0.1, 0.15) is 0 Å². The second-order valence-electron chi connectivity index (χ2n) is 5.18. The molecule has 0 radical (unpaired) electrons. The third kappa shape index (κ3) is 4.89. The molecular weight excluding hydrogens is 344 g/mol. The number of anilines is 1. The van der Waals surface area contributed by atoms with Crippen molar-refractivity contribution >= 4 is 26.6 Å². The summed E-state index contributed by atoms with van der Waals surface area (Å²) in [5, 5.41) is 2.58. The third-order valence-corrected chi connectivity index (χ3v) is 4.89. The number of benzene rings is 2. The normalized spacial score (nSPS) is 10.8. The Labute approximate surface area is 145 Å². The smallest absolute Gasteiger partial charge is 0.294 e. The second kappa shape index (κ2) is 7.57. The van der Waals surface area contributed by atoms with Crippen LogP contribution in [0.3, 0.4) is 0 Å². The summed E-state index contributed by atoms with van der Waals surface area (Å²) in [6.07, 6.45) is 0. The summed E-state index contributed by atoms with van der Waals surface area (Å²) in [4.78, 5) is 4.16. The van der Waals surface area contributed by atoms with Crippen molar-refractivity contribution in [1.29, 1.82) is 0 Å². The molecule has 0 spiro atoms. The fourth-order valence-corrected chi connectivity index (χ4v) is 3.40. The van der Waals surface area contributed by atoms with E-state index >= 15 is 0 Å².